The van der Waals surface area contributed by atoms with Gasteiger partial charge in [0.2, 0.25) is 5.91 Å². The lowest BCUT2D eigenvalue weighted by atomic mass is 9.76. The lowest BCUT2D eigenvalue weighted by Gasteiger charge is -2.37. The third-order valence-corrected chi connectivity index (χ3v) is 9.53. The molecule has 0 bridgehead atoms. The van der Waals surface area contributed by atoms with Crippen molar-refractivity contribution in [2.24, 2.45) is 0 Å². The quantitative estimate of drug-likeness (QED) is 0.392. The molecule has 0 radical (unpaired) electrons. The summed E-state index contributed by atoms with van der Waals surface area (Å²) in [5, 5.41) is 14.6. The molecule has 1 aliphatic carbocycles. The summed E-state index contributed by atoms with van der Waals surface area (Å²) in [6, 6.07) is 14.7. The zero-order valence-corrected chi connectivity index (χ0v) is 22.0. The molecule has 3 aromatic carbocycles. The molecule has 2 N–H and O–H groups in total. The summed E-state index contributed by atoms with van der Waals surface area (Å²) in [6.07, 6.45) is 7.17. The molecule has 4 nitrogen and oxygen atoms in total. The number of amides is 1. The van der Waals surface area contributed by atoms with Gasteiger partial charge in [-0.2, -0.15) is 0 Å². The molecule has 2 atom stereocenters. The largest absolute Gasteiger partial charge is 0.507 e. The second kappa shape index (κ2) is 8.24. The van der Waals surface area contributed by atoms with E-state index in [-0.39, 0.29) is 17.7 Å². The van der Waals surface area contributed by atoms with Gasteiger partial charge in [0.15, 0.2) is 0 Å². The standard InChI is InChI=1S/C31H29BrN2O2/c1-17-24(32)10-11-25-26(17)28(31(36)33-25)27-20(14-18-6-2-3-8-22(18)27)16-21-15-19-7-4-12-34-13-5-9-23(29(19)34)30(21)35/h2-3,6,8,10-11,14-15,27-28,35H,4-5,7,9,12-13,16H2,1H3,(H,33,36). The normalized spacial score (nSPS) is 21.6. The second-order valence-electron chi connectivity index (χ2n) is 10.7. The summed E-state index contributed by atoms with van der Waals surface area (Å²) in [6.45, 7) is 4.27. The number of nitrogens with zero attached hydrogens (tertiary/aromatic N) is 1. The number of benzene rings is 3. The fraction of sp³-hybridized carbons (Fsp3) is 0.323. The van der Waals surface area contributed by atoms with Gasteiger partial charge in [-0.05, 0) is 90.6 Å². The van der Waals surface area contributed by atoms with E-state index in [1.165, 1.54) is 34.4 Å². The number of phenols is 1. The number of carbonyl (C=O) groups is 1. The second-order valence-corrected chi connectivity index (χ2v) is 11.5. The smallest absolute Gasteiger partial charge is 0.232 e. The van der Waals surface area contributed by atoms with Crippen LogP contribution in [0.3, 0.4) is 0 Å². The zero-order chi connectivity index (χ0) is 24.6. The van der Waals surface area contributed by atoms with Gasteiger partial charge in [0.25, 0.3) is 0 Å². The number of phenolic OH excluding ortho intramolecular Hbond substituents is 1. The fourth-order valence-corrected chi connectivity index (χ4v) is 7.45. The Bertz CT molecular complexity index is 1470. The Morgan fingerprint density at radius 1 is 1.08 bits per heavy atom. The van der Waals surface area contributed by atoms with Gasteiger partial charge in [-0.15, -0.1) is 0 Å². The Morgan fingerprint density at radius 2 is 1.89 bits per heavy atom. The van der Waals surface area contributed by atoms with Gasteiger partial charge in [-0.1, -0.05) is 51.8 Å². The van der Waals surface area contributed by atoms with E-state index in [4.69, 9.17) is 0 Å². The highest BCUT2D eigenvalue weighted by Gasteiger charge is 2.43. The van der Waals surface area contributed by atoms with Crippen LogP contribution in [0.15, 0.2) is 52.5 Å². The number of anilines is 2. The van der Waals surface area contributed by atoms with Crippen LogP contribution in [0.25, 0.3) is 6.08 Å². The maximum atomic E-state index is 13.5. The minimum Gasteiger partial charge on any atom is -0.507 e. The molecule has 0 fully saturated rings. The number of rotatable bonds is 3. The van der Waals surface area contributed by atoms with Crippen molar-refractivity contribution >= 4 is 39.3 Å². The molecule has 4 aliphatic rings. The topological polar surface area (TPSA) is 52.6 Å². The summed E-state index contributed by atoms with van der Waals surface area (Å²) in [5.74, 6) is 0.171. The van der Waals surface area contributed by atoms with Crippen LogP contribution in [0.5, 0.6) is 5.75 Å². The average Bonchev–Trinajstić information content (AvgIpc) is 3.41. The molecular weight excluding hydrogens is 512 g/mol. The van der Waals surface area contributed by atoms with E-state index in [9.17, 15) is 9.90 Å². The molecule has 0 saturated heterocycles. The number of halogens is 1. The van der Waals surface area contributed by atoms with Crippen molar-refractivity contribution in [1.82, 2.24) is 0 Å². The van der Waals surface area contributed by atoms with E-state index in [2.05, 4.69) is 69.5 Å². The van der Waals surface area contributed by atoms with Crippen molar-refractivity contribution in [3.05, 3.63) is 91.5 Å². The van der Waals surface area contributed by atoms with E-state index in [0.717, 1.165) is 64.8 Å². The predicted octanol–water partition coefficient (Wildman–Crippen LogP) is 6.62. The number of aromatic hydroxyl groups is 1. The molecule has 5 heteroatoms. The van der Waals surface area contributed by atoms with Gasteiger partial charge in [-0.25, -0.2) is 0 Å². The summed E-state index contributed by atoms with van der Waals surface area (Å²) in [5.41, 5.74) is 11.5. The minimum absolute atomic E-state index is 0.0548. The summed E-state index contributed by atoms with van der Waals surface area (Å²) < 4.78 is 1.02. The van der Waals surface area contributed by atoms with Crippen molar-refractivity contribution in [2.75, 3.05) is 23.3 Å². The van der Waals surface area contributed by atoms with Crippen LogP contribution in [-0.4, -0.2) is 24.1 Å². The Morgan fingerprint density at radius 3 is 2.75 bits per heavy atom. The highest BCUT2D eigenvalue weighted by molar-refractivity contribution is 9.10. The molecule has 0 spiro atoms. The number of hydrogen-bond acceptors (Lipinski definition) is 3. The van der Waals surface area contributed by atoms with E-state index in [1.807, 2.05) is 12.1 Å². The van der Waals surface area contributed by atoms with Gasteiger partial charge >= 0.3 is 0 Å². The third-order valence-electron chi connectivity index (χ3n) is 8.67. The minimum atomic E-state index is -0.291. The van der Waals surface area contributed by atoms with Crippen molar-refractivity contribution in [3.63, 3.8) is 0 Å². The van der Waals surface area contributed by atoms with Crippen molar-refractivity contribution in [2.45, 2.75) is 50.9 Å². The molecule has 3 aromatic rings. The van der Waals surface area contributed by atoms with Crippen LogP contribution in [-0.2, 0) is 24.1 Å². The fourth-order valence-electron chi connectivity index (χ4n) is 7.11. The Labute approximate surface area is 220 Å². The molecule has 1 amide bonds. The molecule has 3 aliphatic heterocycles. The first-order valence-corrected chi connectivity index (χ1v) is 13.8. The number of hydrogen-bond donors (Lipinski definition) is 2. The Balaban J connectivity index is 1.34. The molecule has 182 valence electrons. The SMILES string of the molecule is Cc1c(Br)ccc2c1C(C1C(Cc3cc4c5c(c3O)CCCN5CCC4)=Cc3ccccc31)C(=O)N2. The Hall–Kier alpha value is -3.05. The van der Waals surface area contributed by atoms with Crippen molar-refractivity contribution in [3.8, 4) is 5.75 Å². The predicted molar refractivity (Wildman–Crippen MR) is 148 cm³/mol. The average molecular weight is 541 g/mol. The molecule has 7 rings (SSSR count). The van der Waals surface area contributed by atoms with Gasteiger partial charge in [0.1, 0.15) is 5.75 Å². The number of fused-ring (bicyclic) bond motifs is 2. The summed E-state index contributed by atoms with van der Waals surface area (Å²) in [7, 11) is 0. The zero-order valence-electron chi connectivity index (χ0n) is 20.4. The molecular formula is C31H29BrN2O2. The summed E-state index contributed by atoms with van der Waals surface area (Å²) in [4.78, 5) is 16.0. The lowest BCUT2D eigenvalue weighted by Crippen LogP contribution is -2.34. The molecule has 0 aromatic heterocycles. The Kier molecular flexibility index (Phi) is 5.07. The number of aryl methyl sites for hydroxylation is 1. The molecule has 3 heterocycles. The molecule has 36 heavy (non-hydrogen) atoms. The van der Waals surface area contributed by atoms with E-state index < -0.39 is 0 Å². The monoisotopic (exact) mass is 540 g/mol. The van der Waals surface area contributed by atoms with Gasteiger partial charge < -0.3 is 15.3 Å². The van der Waals surface area contributed by atoms with Gasteiger partial charge in [0, 0.05) is 40.4 Å². The van der Waals surface area contributed by atoms with Crippen LogP contribution >= 0.6 is 15.9 Å². The first-order chi connectivity index (χ1) is 17.5. The van der Waals surface area contributed by atoms with E-state index >= 15 is 0 Å². The first-order valence-electron chi connectivity index (χ1n) is 13.0. The first kappa shape index (κ1) is 22.2. The van der Waals surface area contributed by atoms with Crippen LogP contribution in [0.2, 0.25) is 0 Å². The van der Waals surface area contributed by atoms with Crippen molar-refractivity contribution < 1.29 is 9.90 Å². The van der Waals surface area contributed by atoms with E-state index in [0.29, 0.717) is 12.2 Å². The molecule has 0 saturated carbocycles. The van der Waals surface area contributed by atoms with Crippen LogP contribution < -0.4 is 10.2 Å². The number of carbonyl (C=O) groups excluding carboxylic acids is 1. The number of nitrogens with one attached hydrogen (secondary N) is 1. The van der Waals surface area contributed by atoms with Crippen LogP contribution in [0.4, 0.5) is 11.4 Å². The van der Waals surface area contributed by atoms with Crippen LogP contribution in [0.1, 0.15) is 63.6 Å². The van der Waals surface area contributed by atoms with Gasteiger partial charge in [-0.3, -0.25) is 4.79 Å². The third kappa shape index (κ3) is 3.21. The summed E-state index contributed by atoms with van der Waals surface area (Å²) >= 11 is 3.69. The van der Waals surface area contributed by atoms with E-state index in [1.54, 1.807) is 0 Å². The lowest BCUT2D eigenvalue weighted by molar-refractivity contribution is -0.117. The highest BCUT2D eigenvalue weighted by Crippen LogP contribution is 2.53. The molecule has 2 unspecified atom stereocenters. The highest BCUT2D eigenvalue weighted by atomic mass is 79.9. The maximum absolute atomic E-state index is 13.5. The van der Waals surface area contributed by atoms with Crippen molar-refractivity contribution in [1.29, 1.82) is 0 Å². The van der Waals surface area contributed by atoms with Gasteiger partial charge in [0.05, 0.1) is 5.92 Å². The maximum Gasteiger partial charge on any atom is 0.232 e. The van der Waals surface area contributed by atoms with Crippen LogP contribution in [0, 0.1) is 6.92 Å². The number of allylic oxidation sites excluding steroid dienone is 1.